The number of thiazole rings is 1. The first-order valence-electron chi connectivity index (χ1n) is 4.73. The van der Waals surface area contributed by atoms with Gasteiger partial charge in [0.2, 0.25) is 0 Å². The van der Waals surface area contributed by atoms with Gasteiger partial charge < -0.3 is 9.67 Å². The highest BCUT2D eigenvalue weighted by Gasteiger charge is 2.14. The van der Waals surface area contributed by atoms with Gasteiger partial charge in [-0.25, -0.2) is 9.97 Å². The third kappa shape index (κ3) is 2.24. The molecule has 0 spiro atoms. The van der Waals surface area contributed by atoms with Gasteiger partial charge in [-0.15, -0.1) is 11.3 Å². The summed E-state index contributed by atoms with van der Waals surface area (Å²) in [4.78, 5) is 8.42. The number of aliphatic hydroxyl groups is 1. The van der Waals surface area contributed by atoms with E-state index in [-0.39, 0.29) is 0 Å². The van der Waals surface area contributed by atoms with Crippen molar-refractivity contribution < 1.29 is 5.11 Å². The zero-order chi connectivity index (χ0) is 10.8. The van der Waals surface area contributed by atoms with Crippen molar-refractivity contribution in [3.63, 3.8) is 0 Å². The molecule has 2 heterocycles. The van der Waals surface area contributed by atoms with Gasteiger partial charge in [-0.2, -0.15) is 0 Å². The van der Waals surface area contributed by atoms with Gasteiger partial charge in [0.05, 0.1) is 0 Å². The third-order valence-electron chi connectivity index (χ3n) is 2.22. The Hall–Kier alpha value is -1.20. The van der Waals surface area contributed by atoms with Crippen molar-refractivity contribution in [2.24, 2.45) is 7.05 Å². The predicted molar refractivity (Wildman–Crippen MR) is 58.7 cm³/mol. The number of rotatable bonds is 3. The molecule has 0 fully saturated rings. The van der Waals surface area contributed by atoms with Gasteiger partial charge in [-0.05, 0) is 6.92 Å². The second kappa shape index (κ2) is 4.12. The van der Waals surface area contributed by atoms with Crippen LogP contribution in [0.4, 0.5) is 0 Å². The van der Waals surface area contributed by atoms with Crippen LogP contribution in [0.2, 0.25) is 0 Å². The minimum atomic E-state index is -0.551. The van der Waals surface area contributed by atoms with Crippen molar-refractivity contribution in [3.05, 3.63) is 34.3 Å². The van der Waals surface area contributed by atoms with Crippen molar-refractivity contribution in [2.75, 3.05) is 0 Å². The maximum atomic E-state index is 9.92. The second-order valence-electron chi connectivity index (χ2n) is 3.50. The Bertz CT molecular complexity index is 449. The molecule has 2 aromatic heterocycles. The molecule has 0 aliphatic heterocycles. The summed E-state index contributed by atoms with van der Waals surface area (Å²) in [5.74, 6) is 0.871. The molecule has 0 aromatic carbocycles. The molecule has 0 aliphatic carbocycles. The zero-order valence-corrected chi connectivity index (χ0v) is 9.53. The van der Waals surface area contributed by atoms with E-state index in [1.165, 1.54) is 11.3 Å². The van der Waals surface area contributed by atoms with Gasteiger partial charge in [-0.3, -0.25) is 0 Å². The molecule has 1 N–H and O–H groups in total. The molecular weight excluding hydrogens is 210 g/mol. The fraction of sp³-hybridized carbons (Fsp3) is 0.400. The van der Waals surface area contributed by atoms with Crippen LogP contribution in [0.1, 0.15) is 22.6 Å². The first-order chi connectivity index (χ1) is 7.16. The number of nitrogens with zero attached hydrogens (tertiary/aromatic N) is 3. The van der Waals surface area contributed by atoms with Crippen LogP contribution in [0, 0.1) is 6.92 Å². The van der Waals surface area contributed by atoms with E-state index in [1.807, 2.05) is 30.1 Å². The summed E-state index contributed by atoms with van der Waals surface area (Å²) in [7, 11) is 1.92. The molecular formula is C10H13N3OS. The van der Waals surface area contributed by atoms with Crippen LogP contribution in [0.5, 0.6) is 0 Å². The standard InChI is InChI=1S/C10H13N3OS/c1-7-6-15-10(12-7)8(14)5-9-11-3-4-13(9)2/h3-4,6,8,14H,5H2,1-2H3. The molecule has 15 heavy (non-hydrogen) atoms. The first-order valence-corrected chi connectivity index (χ1v) is 5.61. The van der Waals surface area contributed by atoms with E-state index in [2.05, 4.69) is 9.97 Å². The number of hydrogen-bond donors (Lipinski definition) is 1. The summed E-state index contributed by atoms with van der Waals surface area (Å²) < 4.78 is 1.91. The lowest BCUT2D eigenvalue weighted by Crippen LogP contribution is -2.06. The van der Waals surface area contributed by atoms with Crippen LogP contribution >= 0.6 is 11.3 Å². The average Bonchev–Trinajstić information content (AvgIpc) is 2.77. The van der Waals surface area contributed by atoms with Crippen LogP contribution in [-0.2, 0) is 13.5 Å². The van der Waals surface area contributed by atoms with Crippen molar-refractivity contribution in [3.8, 4) is 0 Å². The predicted octanol–water partition coefficient (Wildman–Crippen LogP) is 1.46. The second-order valence-corrected chi connectivity index (χ2v) is 4.39. The number of aryl methyl sites for hydroxylation is 2. The number of imidazole rings is 1. The van der Waals surface area contributed by atoms with E-state index in [1.54, 1.807) is 6.20 Å². The minimum Gasteiger partial charge on any atom is -0.385 e. The van der Waals surface area contributed by atoms with Gasteiger partial charge in [0.15, 0.2) is 0 Å². The van der Waals surface area contributed by atoms with E-state index in [4.69, 9.17) is 0 Å². The summed E-state index contributed by atoms with van der Waals surface area (Å²) in [6.07, 6.45) is 3.56. The summed E-state index contributed by atoms with van der Waals surface area (Å²) in [5.41, 5.74) is 0.953. The smallest absolute Gasteiger partial charge is 0.122 e. The summed E-state index contributed by atoms with van der Waals surface area (Å²) in [5, 5.41) is 12.6. The lowest BCUT2D eigenvalue weighted by atomic mass is 10.2. The highest BCUT2D eigenvalue weighted by molar-refractivity contribution is 7.09. The van der Waals surface area contributed by atoms with Crippen LogP contribution < -0.4 is 0 Å². The topological polar surface area (TPSA) is 50.9 Å². The molecule has 0 amide bonds. The molecule has 0 bridgehead atoms. The van der Waals surface area contributed by atoms with E-state index < -0.39 is 6.10 Å². The normalized spacial score (nSPS) is 13.0. The average molecular weight is 223 g/mol. The Morgan fingerprint density at radius 1 is 1.60 bits per heavy atom. The van der Waals surface area contributed by atoms with E-state index >= 15 is 0 Å². The van der Waals surface area contributed by atoms with E-state index in [0.29, 0.717) is 6.42 Å². The Morgan fingerprint density at radius 3 is 2.93 bits per heavy atom. The molecule has 4 nitrogen and oxygen atoms in total. The first kappa shape index (κ1) is 10.3. The molecule has 0 aliphatic rings. The molecule has 2 rings (SSSR count). The third-order valence-corrected chi connectivity index (χ3v) is 3.28. The van der Waals surface area contributed by atoms with Crippen LogP contribution in [0.15, 0.2) is 17.8 Å². The van der Waals surface area contributed by atoms with Crippen LogP contribution in [0.3, 0.4) is 0 Å². The van der Waals surface area contributed by atoms with Crippen molar-refractivity contribution in [1.82, 2.24) is 14.5 Å². The minimum absolute atomic E-state index is 0.510. The maximum absolute atomic E-state index is 9.92. The maximum Gasteiger partial charge on any atom is 0.122 e. The molecule has 1 atom stereocenters. The number of aromatic nitrogens is 3. The van der Waals surface area contributed by atoms with Crippen LogP contribution in [-0.4, -0.2) is 19.6 Å². The van der Waals surface area contributed by atoms with Gasteiger partial charge in [0.25, 0.3) is 0 Å². The molecule has 5 heteroatoms. The lowest BCUT2D eigenvalue weighted by Gasteiger charge is -2.06. The Morgan fingerprint density at radius 2 is 2.40 bits per heavy atom. The van der Waals surface area contributed by atoms with Crippen molar-refractivity contribution in [1.29, 1.82) is 0 Å². The van der Waals surface area contributed by atoms with Gasteiger partial charge in [0.1, 0.15) is 16.9 Å². The molecule has 0 radical (unpaired) electrons. The van der Waals surface area contributed by atoms with Crippen molar-refractivity contribution >= 4 is 11.3 Å². The van der Waals surface area contributed by atoms with Crippen LogP contribution in [0.25, 0.3) is 0 Å². The summed E-state index contributed by atoms with van der Waals surface area (Å²) in [6.45, 7) is 1.92. The van der Waals surface area contributed by atoms with Gasteiger partial charge in [-0.1, -0.05) is 0 Å². The monoisotopic (exact) mass is 223 g/mol. The fourth-order valence-electron chi connectivity index (χ4n) is 1.38. The summed E-state index contributed by atoms with van der Waals surface area (Å²) >= 11 is 1.49. The summed E-state index contributed by atoms with van der Waals surface area (Å²) in [6, 6.07) is 0. The Balaban J connectivity index is 2.10. The highest BCUT2D eigenvalue weighted by atomic mass is 32.1. The SMILES string of the molecule is Cc1csc(C(O)Cc2nccn2C)n1. The number of aliphatic hydroxyl groups excluding tert-OH is 1. The lowest BCUT2D eigenvalue weighted by molar-refractivity contribution is 0.174. The zero-order valence-electron chi connectivity index (χ0n) is 8.71. The molecule has 0 saturated heterocycles. The fourth-order valence-corrected chi connectivity index (χ4v) is 2.16. The number of hydrogen-bond acceptors (Lipinski definition) is 4. The molecule has 1 unspecified atom stereocenters. The van der Waals surface area contributed by atoms with Crippen molar-refractivity contribution in [2.45, 2.75) is 19.4 Å². The molecule has 80 valence electrons. The Kier molecular flexibility index (Phi) is 2.83. The van der Waals surface area contributed by atoms with E-state index in [9.17, 15) is 5.11 Å². The van der Waals surface area contributed by atoms with E-state index in [0.717, 1.165) is 16.5 Å². The van der Waals surface area contributed by atoms with Gasteiger partial charge >= 0.3 is 0 Å². The highest BCUT2D eigenvalue weighted by Crippen LogP contribution is 2.20. The van der Waals surface area contributed by atoms with Gasteiger partial charge in [0, 0.05) is 36.9 Å². The largest absolute Gasteiger partial charge is 0.385 e. The molecule has 0 saturated carbocycles. The Labute approximate surface area is 92.2 Å². The quantitative estimate of drug-likeness (QED) is 0.857. The molecule has 2 aromatic rings.